The first-order valence-electron chi connectivity index (χ1n) is 13.6. The standard InChI is InChI=1S/C35H29FN2O3/c36-27-17-15-25(16-18-27)23-38-24-33(31-13-4-5-14-34(31)38)32(21-35(39)37-22-30-12-7-19-40-30)26-8-6-11-29(20-26)41-28-9-2-1-3-10-28/h1-20,24,32H,21-23H2,(H,37,39)/t32-/m1/s1. The van der Waals surface area contributed by atoms with Gasteiger partial charge in [0, 0.05) is 36.0 Å². The van der Waals surface area contributed by atoms with Crippen LogP contribution >= 0.6 is 0 Å². The lowest BCUT2D eigenvalue weighted by molar-refractivity contribution is -0.121. The lowest BCUT2D eigenvalue weighted by Crippen LogP contribution is -2.24. The fraction of sp³-hybridized carbons (Fsp3) is 0.114. The van der Waals surface area contributed by atoms with Crippen molar-refractivity contribution in [2.24, 2.45) is 0 Å². The van der Waals surface area contributed by atoms with Gasteiger partial charge in [-0.1, -0.05) is 60.7 Å². The fourth-order valence-electron chi connectivity index (χ4n) is 5.15. The molecule has 1 atom stereocenters. The minimum atomic E-state index is -0.259. The summed E-state index contributed by atoms with van der Waals surface area (Å²) in [5.41, 5.74) is 4.04. The largest absolute Gasteiger partial charge is 0.467 e. The molecule has 0 bridgehead atoms. The Morgan fingerprint density at radius 1 is 0.854 bits per heavy atom. The number of nitrogens with one attached hydrogen (secondary N) is 1. The summed E-state index contributed by atoms with van der Waals surface area (Å²) in [6, 6.07) is 35.9. The van der Waals surface area contributed by atoms with E-state index >= 15 is 0 Å². The Bertz CT molecular complexity index is 1740. The molecule has 4 aromatic carbocycles. The topological polar surface area (TPSA) is 56.4 Å². The molecule has 1 amide bonds. The van der Waals surface area contributed by atoms with Crippen molar-refractivity contribution >= 4 is 16.8 Å². The maximum Gasteiger partial charge on any atom is 0.221 e. The normalized spacial score (nSPS) is 11.8. The summed E-state index contributed by atoms with van der Waals surface area (Å²) < 4.78 is 27.3. The van der Waals surface area contributed by atoms with Crippen molar-refractivity contribution in [1.82, 2.24) is 9.88 Å². The first kappa shape index (κ1) is 26.1. The van der Waals surface area contributed by atoms with Gasteiger partial charge in [0.2, 0.25) is 5.91 Å². The fourth-order valence-corrected chi connectivity index (χ4v) is 5.15. The van der Waals surface area contributed by atoms with Crippen molar-refractivity contribution < 1.29 is 18.3 Å². The van der Waals surface area contributed by atoms with E-state index in [1.807, 2.05) is 72.8 Å². The molecule has 0 radical (unpaired) electrons. The quantitative estimate of drug-likeness (QED) is 0.190. The number of fused-ring (bicyclic) bond motifs is 1. The second-order valence-electron chi connectivity index (χ2n) is 9.96. The molecule has 1 N–H and O–H groups in total. The van der Waals surface area contributed by atoms with Crippen LogP contribution in [0.3, 0.4) is 0 Å². The maximum absolute atomic E-state index is 13.6. The number of benzene rings is 4. The van der Waals surface area contributed by atoms with Gasteiger partial charge in [0.1, 0.15) is 23.1 Å². The number of carbonyl (C=O) groups excluding carboxylic acids is 1. The van der Waals surface area contributed by atoms with Crippen LogP contribution in [0.15, 0.2) is 132 Å². The number of hydrogen-bond donors (Lipinski definition) is 1. The predicted octanol–water partition coefficient (Wildman–Crippen LogP) is 8.05. The number of amides is 1. The lowest BCUT2D eigenvalue weighted by atomic mass is 9.88. The molecule has 41 heavy (non-hydrogen) atoms. The average molecular weight is 545 g/mol. The molecule has 5 nitrogen and oxygen atoms in total. The van der Waals surface area contributed by atoms with E-state index in [1.54, 1.807) is 24.5 Å². The SMILES string of the molecule is O=C(C[C@H](c1cccc(Oc2ccccc2)c1)c1cn(Cc2ccc(F)cc2)c2ccccc12)NCc1ccco1. The highest BCUT2D eigenvalue weighted by atomic mass is 19.1. The molecule has 6 aromatic rings. The first-order chi connectivity index (χ1) is 20.1. The van der Waals surface area contributed by atoms with Crippen molar-refractivity contribution in [2.45, 2.75) is 25.4 Å². The number of aromatic nitrogens is 1. The molecule has 6 rings (SSSR count). The van der Waals surface area contributed by atoms with Gasteiger partial charge < -0.3 is 19.0 Å². The highest BCUT2D eigenvalue weighted by molar-refractivity contribution is 5.87. The Morgan fingerprint density at radius 2 is 1.63 bits per heavy atom. The van der Waals surface area contributed by atoms with Crippen molar-refractivity contribution in [3.8, 4) is 11.5 Å². The molecule has 0 aliphatic rings. The highest BCUT2D eigenvalue weighted by Crippen LogP contribution is 2.37. The van der Waals surface area contributed by atoms with Crippen LogP contribution in [0.4, 0.5) is 4.39 Å². The molecule has 0 saturated heterocycles. The number of rotatable bonds is 10. The summed E-state index contributed by atoms with van der Waals surface area (Å²) in [6.45, 7) is 0.900. The lowest BCUT2D eigenvalue weighted by Gasteiger charge is -2.18. The van der Waals surface area contributed by atoms with E-state index in [0.29, 0.717) is 24.6 Å². The van der Waals surface area contributed by atoms with Gasteiger partial charge in [-0.25, -0.2) is 4.39 Å². The van der Waals surface area contributed by atoms with Crippen LogP contribution in [0.1, 0.15) is 34.8 Å². The van der Waals surface area contributed by atoms with E-state index in [4.69, 9.17) is 9.15 Å². The van der Waals surface area contributed by atoms with Gasteiger partial charge in [0.05, 0.1) is 12.8 Å². The van der Waals surface area contributed by atoms with Gasteiger partial charge in [-0.2, -0.15) is 0 Å². The van der Waals surface area contributed by atoms with Crippen LogP contribution in [0.2, 0.25) is 0 Å². The molecule has 0 unspecified atom stereocenters. The van der Waals surface area contributed by atoms with E-state index in [2.05, 4.69) is 28.2 Å². The molecule has 204 valence electrons. The van der Waals surface area contributed by atoms with E-state index < -0.39 is 0 Å². The van der Waals surface area contributed by atoms with Crippen molar-refractivity contribution in [3.63, 3.8) is 0 Å². The first-order valence-corrected chi connectivity index (χ1v) is 13.6. The van der Waals surface area contributed by atoms with E-state index in [-0.39, 0.29) is 24.1 Å². The summed E-state index contributed by atoms with van der Waals surface area (Å²) in [5, 5.41) is 4.07. The second-order valence-corrected chi connectivity index (χ2v) is 9.96. The third-order valence-electron chi connectivity index (χ3n) is 7.13. The summed E-state index contributed by atoms with van der Waals surface area (Å²) in [6.07, 6.45) is 3.95. The Labute approximate surface area is 237 Å². The van der Waals surface area contributed by atoms with Crippen molar-refractivity contribution in [3.05, 3.63) is 156 Å². The van der Waals surface area contributed by atoms with Crippen LogP contribution < -0.4 is 10.1 Å². The molecule has 0 aliphatic heterocycles. The van der Waals surface area contributed by atoms with Gasteiger partial charge >= 0.3 is 0 Å². The Kier molecular flexibility index (Phi) is 7.63. The molecule has 0 aliphatic carbocycles. The van der Waals surface area contributed by atoms with Gasteiger partial charge in [-0.05, 0) is 71.3 Å². The minimum Gasteiger partial charge on any atom is -0.467 e. The zero-order chi connectivity index (χ0) is 28.0. The number of hydrogen-bond acceptors (Lipinski definition) is 3. The Hall–Kier alpha value is -5.10. The summed E-state index contributed by atoms with van der Waals surface area (Å²) in [5.74, 6) is 1.55. The molecule has 2 heterocycles. The summed E-state index contributed by atoms with van der Waals surface area (Å²) in [4.78, 5) is 13.3. The van der Waals surface area contributed by atoms with Crippen LogP contribution in [-0.2, 0) is 17.9 Å². The minimum absolute atomic E-state index is 0.0869. The number of nitrogens with zero attached hydrogens (tertiary/aromatic N) is 1. The van der Waals surface area contributed by atoms with E-state index in [1.165, 1.54) is 12.1 Å². The monoisotopic (exact) mass is 544 g/mol. The number of para-hydroxylation sites is 2. The summed E-state index contributed by atoms with van der Waals surface area (Å²) >= 11 is 0. The molecule has 2 aromatic heterocycles. The zero-order valence-electron chi connectivity index (χ0n) is 22.4. The van der Waals surface area contributed by atoms with Gasteiger partial charge in [-0.3, -0.25) is 4.79 Å². The van der Waals surface area contributed by atoms with Crippen LogP contribution in [-0.4, -0.2) is 10.5 Å². The second kappa shape index (κ2) is 12.0. The predicted molar refractivity (Wildman–Crippen MR) is 157 cm³/mol. The Balaban J connectivity index is 1.37. The van der Waals surface area contributed by atoms with E-state index in [0.717, 1.165) is 33.3 Å². The van der Waals surface area contributed by atoms with Crippen LogP contribution in [0, 0.1) is 5.82 Å². The molecular weight excluding hydrogens is 515 g/mol. The molecular formula is C35H29FN2O3. The number of carbonyl (C=O) groups is 1. The number of halogens is 1. The highest BCUT2D eigenvalue weighted by Gasteiger charge is 2.23. The third-order valence-corrected chi connectivity index (χ3v) is 7.13. The number of ether oxygens (including phenoxy) is 1. The maximum atomic E-state index is 13.6. The van der Waals surface area contributed by atoms with Crippen molar-refractivity contribution in [2.75, 3.05) is 0 Å². The summed E-state index contributed by atoms with van der Waals surface area (Å²) in [7, 11) is 0. The van der Waals surface area contributed by atoms with Gasteiger partial charge in [-0.15, -0.1) is 0 Å². The molecule has 0 spiro atoms. The third kappa shape index (κ3) is 6.23. The van der Waals surface area contributed by atoms with Crippen LogP contribution in [0.5, 0.6) is 11.5 Å². The van der Waals surface area contributed by atoms with Gasteiger partial charge in [0.25, 0.3) is 0 Å². The van der Waals surface area contributed by atoms with Crippen LogP contribution in [0.25, 0.3) is 10.9 Å². The van der Waals surface area contributed by atoms with E-state index in [9.17, 15) is 9.18 Å². The van der Waals surface area contributed by atoms with Gasteiger partial charge in [0.15, 0.2) is 0 Å². The van der Waals surface area contributed by atoms with Crippen molar-refractivity contribution in [1.29, 1.82) is 0 Å². The molecule has 0 saturated carbocycles. The molecule has 0 fully saturated rings. The zero-order valence-corrected chi connectivity index (χ0v) is 22.4. The smallest absolute Gasteiger partial charge is 0.221 e. The molecule has 6 heteroatoms. The Morgan fingerprint density at radius 3 is 2.44 bits per heavy atom. The number of furan rings is 1. The average Bonchev–Trinajstić information content (AvgIpc) is 3.65.